The van der Waals surface area contributed by atoms with Crippen molar-refractivity contribution < 1.29 is 0 Å². The zero-order valence-electron chi connectivity index (χ0n) is 21.0. The van der Waals surface area contributed by atoms with Gasteiger partial charge in [-0.25, -0.2) is 0 Å². The van der Waals surface area contributed by atoms with Crippen molar-refractivity contribution in [2.75, 3.05) is 0 Å². The molecule has 0 saturated carbocycles. The third kappa shape index (κ3) is 3.22. The van der Waals surface area contributed by atoms with Crippen LogP contribution >= 0.6 is 11.3 Å². The molecule has 7 aromatic carbocycles. The van der Waals surface area contributed by atoms with Gasteiger partial charge in [0.05, 0.1) is 0 Å². The molecule has 8 aromatic rings. The Balaban J connectivity index is 1.47. The van der Waals surface area contributed by atoms with Crippen LogP contribution in [0.2, 0.25) is 0 Å². The summed E-state index contributed by atoms with van der Waals surface area (Å²) in [4.78, 5) is 0. The Morgan fingerprint density at radius 3 is 1.53 bits per heavy atom. The fraction of sp³-hybridized carbons (Fsp3) is 0.0270. The second-order valence-electron chi connectivity index (χ2n) is 10.2. The molecule has 0 saturated heterocycles. The first kappa shape index (κ1) is 21.6. The molecule has 0 aliphatic carbocycles. The van der Waals surface area contributed by atoms with Crippen molar-refractivity contribution in [2.45, 2.75) is 6.92 Å². The molecule has 0 nitrogen and oxygen atoms in total. The molecule has 0 fully saturated rings. The van der Waals surface area contributed by atoms with E-state index in [-0.39, 0.29) is 0 Å². The van der Waals surface area contributed by atoms with E-state index in [1.165, 1.54) is 80.3 Å². The third-order valence-electron chi connectivity index (χ3n) is 7.90. The Morgan fingerprint density at radius 1 is 0.395 bits per heavy atom. The van der Waals surface area contributed by atoms with E-state index in [1.54, 1.807) is 0 Å². The van der Waals surface area contributed by atoms with Crippen molar-refractivity contribution in [3.63, 3.8) is 0 Å². The lowest BCUT2D eigenvalue weighted by Crippen LogP contribution is -1.90. The van der Waals surface area contributed by atoms with Gasteiger partial charge in [0.25, 0.3) is 0 Å². The standard InChI is InChI=1S/C37H24S/c1-23-14-16-24(17-15-23)36-28-10-4-6-12-30(28)37(31-13-7-5-11-29(31)36)27-18-19-34-32(21-27)33-20-25-8-2-3-9-26(25)22-35(33)38-34/h2-22H,1H3. The molecule has 1 aromatic heterocycles. The van der Waals surface area contributed by atoms with Crippen LogP contribution in [0, 0.1) is 6.92 Å². The van der Waals surface area contributed by atoms with Gasteiger partial charge < -0.3 is 0 Å². The number of fused-ring (bicyclic) bond motifs is 6. The van der Waals surface area contributed by atoms with Crippen molar-refractivity contribution in [3.05, 3.63) is 133 Å². The summed E-state index contributed by atoms with van der Waals surface area (Å²) in [7, 11) is 0. The molecule has 0 bridgehead atoms. The summed E-state index contributed by atoms with van der Waals surface area (Å²) in [6.45, 7) is 2.15. The average molecular weight is 501 g/mol. The van der Waals surface area contributed by atoms with E-state index in [2.05, 4.69) is 134 Å². The summed E-state index contributed by atoms with van der Waals surface area (Å²) in [6.07, 6.45) is 0. The van der Waals surface area contributed by atoms with E-state index >= 15 is 0 Å². The molecule has 38 heavy (non-hydrogen) atoms. The Kier molecular flexibility index (Phi) is 4.71. The molecule has 0 spiro atoms. The van der Waals surface area contributed by atoms with Crippen LogP contribution in [0.5, 0.6) is 0 Å². The topological polar surface area (TPSA) is 0 Å². The zero-order valence-corrected chi connectivity index (χ0v) is 21.8. The summed E-state index contributed by atoms with van der Waals surface area (Å²) >= 11 is 1.89. The van der Waals surface area contributed by atoms with Crippen LogP contribution in [0.1, 0.15) is 5.56 Å². The van der Waals surface area contributed by atoms with Crippen LogP contribution < -0.4 is 0 Å². The molecule has 0 amide bonds. The van der Waals surface area contributed by atoms with Gasteiger partial charge in [0, 0.05) is 20.2 Å². The molecular formula is C37H24S. The van der Waals surface area contributed by atoms with Crippen LogP contribution in [0.15, 0.2) is 127 Å². The van der Waals surface area contributed by atoms with Gasteiger partial charge >= 0.3 is 0 Å². The van der Waals surface area contributed by atoms with Gasteiger partial charge in [0.1, 0.15) is 0 Å². The van der Waals surface area contributed by atoms with Gasteiger partial charge in [-0.15, -0.1) is 11.3 Å². The number of thiophene rings is 1. The highest BCUT2D eigenvalue weighted by atomic mass is 32.1. The molecule has 1 heterocycles. The summed E-state index contributed by atoms with van der Waals surface area (Å²) < 4.78 is 2.68. The van der Waals surface area contributed by atoms with E-state index < -0.39 is 0 Å². The van der Waals surface area contributed by atoms with Crippen molar-refractivity contribution in [1.82, 2.24) is 0 Å². The Bertz CT molecular complexity index is 2120. The largest absolute Gasteiger partial charge is 0.135 e. The maximum Gasteiger partial charge on any atom is 0.0361 e. The minimum Gasteiger partial charge on any atom is -0.135 e. The van der Waals surface area contributed by atoms with Crippen LogP contribution in [0.3, 0.4) is 0 Å². The molecule has 8 rings (SSSR count). The second-order valence-corrected chi connectivity index (χ2v) is 11.3. The Labute approximate surface area is 225 Å². The van der Waals surface area contributed by atoms with E-state index in [9.17, 15) is 0 Å². The van der Waals surface area contributed by atoms with Gasteiger partial charge in [-0.3, -0.25) is 0 Å². The van der Waals surface area contributed by atoms with Crippen LogP contribution in [-0.2, 0) is 0 Å². The van der Waals surface area contributed by atoms with Gasteiger partial charge in [-0.2, -0.15) is 0 Å². The highest BCUT2D eigenvalue weighted by molar-refractivity contribution is 7.25. The first-order valence-corrected chi connectivity index (χ1v) is 13.9. The molecule has 0 N–H and O–H groups in total. The van der Waals surface area contributed by atoms with Crippen LogP contribution in [0.4, 0.5) is 0 Å². The van der Waals surface area contributed by atoms with Crippen LogP contribution in [0.25, 0.3) is 74.7 Å². The number of hydrogen-bond acceptors (Lipinski definition) is 1. The monoisotopic (exact) mass is 500 g/mol. The highest BCUT2D eigenvalue weighted by Gasteiger charge is 2.17. The fourth-order valence-electron chi connectivity index (χ4n) is 6.09. The lowest BCUT2D eigenvalue weighted by Gasteiger charge is -2.18. The minimum atomic E-state index is 1.26. The smallest absolute Gasteiger partial charge is 0.0361 e. The third-order valence-corrected chi connectivity index (χ3v) is 9.03. The van der Waals surface area contributed by atoms with Crippen molar-refractivity contribution in [3.8, 4) is 22.3 Å². The molecule has 0 aliphatic heterocycles. The first-order chi connectivity index (χ1) is 18.7. The highest BCUT2D eigenvalue weighted by Crippen LogP contribution is 2.45. The first-order valence-electron chi connectivity index (χ1n) is 13.1. The van der Waals surface area contributed by atoms with Gasteiger partial charge in [0.15, 0.2) is 0 Å². The Morgan fingerprint density at radius 2 is 0.895 bits per heavy atom. The average Bonchev–Trinajstić information content (AvgIpc) is 3.32. The van der Waals surface area contributed by atoms with Crippen LogP contribution in [-0.4, -0.2) is 0 Å². The SMILES string of the molecule is Cc1ccc(-c2c3ccccc3c(-c3ccc4sc5cc6ccccc6cc5c4c3)c3ccccc23)cc1. The number of hydrogen-bond donors (Lipinski definition) is 0. The maximum atomic E-state index is 2.42. The predicted molar refractivity (Wildman–Crippen MR) is 167 cm³/mol. The molecule has 1 heteroatoms. The van der Waals surface area contributed by atoms with Crippen molar-refractivity contribution >= 4 is 63.8 Å². The van der Waals surface area contributed by atoms with E-state index in [1.807, 2.05) is 11.3 Å². The number of rotatable bonds is 2. The molecular weight excluding hydrogens is 476 g/mol. The predicted octanol–water partition coefficient (Wildman–Crippen LogP) is 11.2. The quantitative estimate of drug-likeness (QED) is 0.207. The van der Waals surface area contributed by atoms with E-state index in [4.69, 9.17) is 0 Å². The zero-order chi connectivity index (χ0) is 25.2. The fourth-order valence-corrected chi connectivity index (χ4v) is 7.20. The van der Waals surface area contributed by atoms with Gasteiger partial charge in [-0.05, 0) is 85.8 Å². The summed E-state index contributed by atoms with van der Waals surface area (Å²) in [5.74, 6) is 0. The van der Waals surface area contributed by atoms with Crippen molar-refractivity contribution in [1.29, 1.82) is 0 Å². The second kappa shape index (κ2) is 8.28. The number of benzene rings is 7. The maximum absolute atomic E-state index is 2.42. The van der Waals surface area contributed by atoms with E-state index in [0.717, 1.165) is 0 Å². The number of aryl methyl sites for hydroxylation is 1. The normalized spacial score (nSPS) is 11.8. The van der Waals surface area contributed by atoms with Gasteiger partial charge in [0.2, 0.25) is 0 Å². The van der Waals surface area contributed by atoms with Gasteiger partial charge in [-0.1, -0.05) is 109 Å². The summed E-state index contributed by atoms with van der Waals surface area (Å²) in [5.41, 5.74) is 6.44. The van der Waals surface area contributed by atoms with Crippen molar-refractivity contribution in [2.24, 2.45) is 0 Å². The summed E-state index contributed by atoms with van der Waals surface area (Å²) in [5, 5.41) is 10.5. The lowest BCUT2D eigenvalue weighted by molar-refractivity contribution is 1.47. The molecule has 0 unspecified atom stereocenters. The summed E-state index contributed by atoms with van der Waals surface area (Å²) in [6, 6.07) is 47.2. The molecule has 0 atom stereocenters. The minimum absolute atomic E-state index is 1.26. The van der Waals surface area contributed by atoms with E-state index in [0.29, 0.717) is 0 Å². The molecule has 0 aliphatic rings. The molecule has 0 radical (unpaired) electrons. The lowest BCUT2D eigenvalue weighted by atomic mass is 9.85. The molecule has 178 valence electrons. The Hall–Kier alpha value is -4.46.